The molecule has 1 aromatic heterocycles. The van der Waals surface area contributed by atoms with E-state index >= 15 is 0 Å². The number of nitrogens with zero attached hydrogens (tertiary/aromatic N) is 2. The molecule has 0 bridgehead atoms. The molecule has 0 saturated heterocycles. The van der Waals surface area contributed by atoms with Crippen LogP contribution in [0.3, 0.4) is 0 Å². The first kappa shape index (κ1) is 14.0. The number of halogens is 1. The van der Waals surface area contributed by atoms with Crippen LogP contribution in [0.2, 0.25) is 0 Å². The molecule has 1 saturated carbocycles. The maximum atomic E-state index is 13.7. The molecule has 0 spiro atoms. The van der Waals surface area contributed by atoms with E-state index in [1.807, 2.05) is 0 Å². The van der Waals surface area contributed by atoms with Gasteiger partial charge in [0.2, 0.25) is 5.95 Å². The van der Waals surface area contributed by atoms with E-state index in [4.69, 9.17) is 0 Å². The number of hydrogen-bond acceptors (Lipinski definition) is 4. The van der Waals surface area contributed by atoms with Gasteiger partial charge in [-0.25, -0.2) is 9.37 Å². The highest BCUT2D eigenvalue weighted by Gasteiger charge is 2.15. The third kappa shape index (κ3) is 4.33. The SMILES string of the molecule is CCCNc1ncc(F)c(NC2CCCCCC2)n1. The summed E-state index contributed by atoms with van der Waals surface area (Å²) in [5.41, 5.74) is 0. The lowest BCUT2D eigenvalue weighted by atomic mass is 10.1. The Balaban J connectivity index is 2.00. The fourth-order valence-corrected chi connectivity index (χ4v) is 2.41. The van der Waals surface area contributed by atoms with Gasteiger partial charge in [0.15, 0.2) is 11.6 Å². The molecule has 0 amide bonds. The second-order valence-corrected chi connectivity index (χ2v) is 5.15. The van der Waals surface area contributed by atoms with Gasteiger partial charge in [-0.2, -0.15) is 4.98 Å². The van der Waals surface area contributed by atoms with Crippen molar-refractivity contribution in [3.63, 3.8) is 0 Å². The van der Waals surface area contributed by atoms with E-state index in [1.54, 1.807) is 0 Å². The highest BCUT2D eigenvalue weighted by atomic mass is 19.1. The van der Waals surface area contributed by atoms with Crippen molar-refractivity contribution in [3.05, 3.63) is 12.0 Å². The number of rotatable bonds is 5. The molecule has 1 aromatic rings. The van der Waals surface area contributed by atoms with E-state index in [2.05, 4.69) is 27.5 Å². The first-order chi connectivity index (χ1) is 9.29. The van der Waals surface area contributed by atoms with Crippen LogP contribution >= 0.6 is 0 Å². The van der Waals surface area contributed by atoms with Gasteiger partial charge < -0.3 is 10.6 Å². The summed E-state index contributed by atoms with van der Waals surface area (Å²) in [6, 6.07) is 0.339. The molecule has 0 atom stereocenters. The number of nitrogens with one attached hydrogen (secondary N) is 2. The molecule has 0 unspecified atom stereocenters. The molecule has 19 heavy (non-hydrogen) atoms. The highest BCUT2D eigenvalue weighted by Crippen LogP contribution is 2.22. The Labute approximate surface area is 114 Å². The minimum Gasteiger partial charge on any atom is -0.365 e. The van der Waals surface area contributed by atoms with E-state index in [1.165, 1.54) is 31.9 Å². The summed E-state index contributed by atoms with van der Waals surface area (Å²) in [6.45, 7) is 2.87. The van der Waals surface area contributed by atoms with Crippen LogP contribution in [0.15, 0.2) is 6.20 Å². The normalized spacial score (nSPS) is 16.9. The first-order valence-electron chi connectivity index (χ1n) is 7.32. The molecule has 1 aliphatic carbocycles. The molecular weight excluding hydrogens is 243 g/mol. The van der Waals surface area contributed by atoms with E-state index in [0.717, 1.165) is 25.8 Å². The van der Waals surface area contributed by atoms with Gasteiger partial charge in [0.25, 0.3) is 0 Å². The zero-order valence-corrected chi connectivity index (χ0v) is 11.6. The predicted molar refractivity (Wildman–Crippen MR) is 75.9 cm³/mol. The minimum atomic E-state index is -0.369. The van der Waals surface area contributed by atoms with E-state index in [-0.39, 0.29) is 5.82 Å². The van der Waals surface area contributed by atoms with Gasteiger partial charge in [-0.15, -0.1) is 0 Å². The van der Waals surface area contributed by atoms with E-state index in [9.17, 15) is 4.39 Å². The molecule has 0 aromatic carbocycles. The van der Waals surface area contributed by atoms with Crippen LogP contribution in [-0.2, 0) is 0 Å². The Hall–Kier alpha value is -1.39. The van der Waals surface area contributed by atoms with Crippen molar-refractivity contribution in [2.24, 2.45) is 0 Å². The van der Waals surface area contributed by atoms with Crippen LogP contribution in [0.5, 0.6) is 0 Å². The molecule has 2 N–H and O–H groups in total. The fraction of sp³-hybridized carbons (Fsp3) is 0.714. The lowest BCUT2D eigenvalue weighted by Gasteiger charge is -2.17. The van der Waals surface area contributed by atoms with E-state index < -0.39 is 0 Å². The molecule has 1 aliphatic rings. The Morgan fingerprint density at radius 1 is 1.26 bits per heavy atom. The van der Waals surface area contributed by atoms with Crippen molar-refractivity contribution in [2.45, 2.75) is 57.9 Å². The van der Waals surface area contributed by atoms with Gasteiger partial charge >= 0.3 is 0 Å². The standard InChI is InChI=1S/C14H23FN4/c1-2-9-16-14-17-10-12(15)13(19-14)18-11-7-5-3-4-6-8-11/h10-11H,2-9H2,1H3,(H2,16,17,18,19). The largest absolute Gasteiger partial charge is 0.365 e. The summed E-state index contributed by atoms with van der Waals surface area (Å²) in [5.74, 6) is 0.464. The average molecular weight is 266 g/mol. The van der Waals surface area contributed by atoms with Crippen LogP contribution in [-0.4, -0.2) is 22.6 Å². The quantitative estimate of drug-likeness (QED) is 0.800. The van der Waals surface area contributed by atoms with Crippen molar-refractivity contribution < 1.29 is 4.39 Å². The first-order valence-corrected chi connectivity index (χ1v) is 7.32. The minimum absolute atomic E-state index is 0.334. The topological polar surface area (TPSA) is 49.8 Å². The smallest absolute Gasteiger partial charge is 0.224 e. The Morgan fingerprint density at radius 2 is 2.00 bits per heavy atom. The molecule has 2 rings (SSSR count). The summed E-state index contributed by atoms with van der Waals surface area (Å²) in [7, 11) is 0. The molecule has 0 radical (unpaired) electrons. The molecular formula is C14H23FN4. The van der Waals surface area contributed by atoms with Gasteiger partial charge in [-0.3, -0.25) is 0 Å². The number of aromatic nitrogens is 2. The summed E-state index contributed by atoms with van der Waals surface area (Å²) in [6.07, 6.45) is 9.43. The van der Waals surface area contributed by atoms with Crippen LogP contribution in [0.4, 0.5) is 16.2 Å². The molecule has 1 fully saturated rings. The van der Waals surface area contributed by atoms with Crippen LogP contribution in [0.1, 0.15) is 51.9 Å². The van der Waals surface area contributed by atoms with Crippen molar-refractivity contribution >= 4 is 11.8 Å². The second-order valence-electron chi connectivity index (χ2n) is 5.15. The summed E-state index contributed by atoms with van der Waals surface area (Å²) < 4.78 is 13.7. The third-order valence-corrected chi connectivity index (χ3v) is 3.47. The molecule has 1 heterocycles. The molecule has 5 heteroatoms. The lowest BCUT2D eigenvalue weighted by Crippen LogP contribution is -2.20. The lowest BCUT2D eigenvalue weighted by molar-refractivity contribution is 0.587. The van der Waals surface area contributed by atoms with Gasteiger partial charge in [-0.1, -0.05) is 32.6 Å². The summed E-state index contributed by atoms with van der Waals surface area (Å²) in [4.78, 5) is 8.18. The maximum Gasteiger partial charge on any atom is 0.224 e. The zero-order valence-electron chi connectivity index (χ0n) is 11.6. The Kier molecular flexibility index (Phi) is 5.36. The Bertz CT molecular complexity index is 389. The number of hydrogen-bond donors (Lipinski definition) is 2. The highest BCUT2D eigenvalue weighted by molar-refractivity contribution is 5.41. The maximum absolute atomic E-state index is 13.7. The zero-order chi connectivity index (χ0) is 13.5. The van der Waals surface area contributed by atoms with Crippen molar-refractivity contribution in [1.29, 1.82) is 0 Å². The predicted octanol–water partition coefficient (Wildman–Crippen LogP) is 3.57. The van der Waals surface area contributed by atoms with Crippen molar-refractivity contribution in [1.82, 2.24) is 9.97 Å². The van der Waals surface area contributed by atoms with Crippen LogP contribution < -0.4 is 10.6 Å². The van der Waals surface area contributed by atoms with Gasteiger partial charge in [0, 0.05) is 12.6 Å². The fourth-order valence-electron chi connectivity index (χ4n) is 2.41. The molecule has 0 aliphatic heterocycles. The van der Waals surface area contributed by atoms with Gasteiger partial charge in [0.05, 0.1) is 6.20 Å². The molecule has 106 valence electrons. The van der Waals surface area contributed by atoms with E-state index in [0.29, 0.717) is 17.8 Å². The monoisotopic (exact) mass is 266 g/mol. The van der Waals surface area contributed by atoms with Crippen molar-refractivity contribution in [2.75, 3.05) is 17.2 Å². The Morgan fingerprint density at radius 3 is 2.68 bits per heavy atom. The molecule has 4 nitrogen and oxygen atoms in total. The third-order valence-electron chi connectivity index (χ3n) is 3.47. The average Bonchev–Trinajstić information content (AvgIpc) is 2.68. The van der Waals surface area contributed by atoms with Crippen molar-refractivity contribution in [3.8, 4) is 0 Å². The number of anilines is 2. The van der Waals surface area contributed by atoms with Gasteiger partial charge in [0.1, 0.15) is 0 Å². The summed E-state index contributed by atoms with van der Waals surface area (Å²) >= 11 is 0. The second kappa shape index (κ2) is 7.26. The van der Waals surface area contributed by atoms with Gasteiger partial charge in [-0.05, 0) is 19.3 Å². The summed E-state index contributed by atoms with van der Waals surface area (Å²) in [5, 5.41) is 6.32. The van der Waals surface area contributed by atoms with Crippen LogP contribution in [0.25, 0.3) is 0 Å². The van der Waals surface area contributed by atoms with Crippen LogP contribution in [0, 0.1) is 5.82 Å².